The predicted molar refractivity (Wildman–Crippen MR) is 78.1 cm³/mol. The van der Waals surface area contributed by atoms with Gasteiger partial charge in [0.05, 0.1) is 0 Å². The van der Waals surface area contributed by atoms with Crippen molar-refractivity contribution in [1.29, 1.82) is 0 Å². The minimum Gasteiger partial charge on any atom is -0.508 e. The number of phenolic OH excluding ortho intramolecular Hbond substituents is 1. The number of hydrogen-bond donors (Lipinski definition) is 2. The van der Waals surface area contributed by atoms with Crippen molar-refractivity contribution >= 4 is 11.6 Å². The Bertz CT molecular complexity index is 606. The van der Waals surface area contributed by atoms with Crippen molar-refractivity contribution in [3.05, 3.63) is 53.6 Å². The second-order valence-electron chi connectivity index (χ2n) is 4.65. The summed E-state index contributed by atoms with van der Waals surface area (Å²) in [6.45, 7) is 3.86. The van der Waals surface area contributed by atoms with Crippen molar-refractivity contribution in [2.45, 2.75) is 13.8 Å². The van der Waals surface area contributed by atoms with E-state index in [4.69, 9.17) is 9.84 Å². The van der Waals surface area contributed by atoms with Gasteiger partial charge < -0.3 is 15.2 Å². The maximum absolute atomic E-state index is 11.8. The molecule has 1 amide bonds. The molecule has 0 aliphatic carbocycles. The van der Waals surface area contributed by atoms with Gasteiger partial charge >= 0.3 is 0 Å². The van der Waals surface area contributed by atoms with E-state index in [0.717, 1.165) is 11.1 Å². The van der Waals surface area contributed by atoms with E-state index >= 15 is 0 Å². The monoisotopic (exact) mass is 271 g/mol. The van der Waals surface area contributed by atoms with Crippen molar-refractivity contribution in [2.24, 2.45) is 0 Å². The molecule has 0 aliphatic heterocycles. The van der Waals surface area contributed by atoms with Gasteiger partial charge in [0.25, 0.3) is 5.91 Å². The topological polar surface area (TPSA) is 58.6 Å². The van der Waals surface area contributed by atoms with Crippen LogP contribution in [-0.2, 0) is 4.79 Å². The summed E-state index contributed by atoms with van der Waals surface area (Å²) in [7, 11) is 0. The fourth-order valence-electron chi connectivity index (χ4n) is 1.75. The predicted octanol–water partition coefficient (Wildman–Crippen LogP) is 3.03. The number of hydrogen-bond acceptors (Lipinski definition) is 3. The first-order valence-corrected chi connectivity index (χ1v) is 6.33. The molecule has 2 rings (SSSR count). The third-order valence-electron chi connectivity index (χ3n) is 2.85. The molecular weight excluding hydrogens is 254 g/mol. The highest BCUT2D eigenvalue weighted by molar-refractivity contribution is 5.91. The van der Waals surface area contributed by atoms with Crippen molar-refractivity contribution in [3.63, 3.8) is 0 Å². The number of rotatable bonds is 4. The van der Waals surface area contributed by atoms with Crippen molar-refractivity contribution in [3.8, 4) is 11.5 Å². The molecule has 0 unspecified atom stereocenters. The Hall–Kier alpha value is -2.49. The van der Waals surface area contributed by atoms with E-state index in [9.17, 15) is 4.79 Å². The van der Waals surface area contributed by atoms with Gasteiger partial charge in [-0.15, -0.1) is 0 Å². The number of phenols is 1. The van der Waals surface area contributed by atoms with Gasteiger partial charge in [-0.1, -0.05) is 12.1 Å². The second-order valence-corrected chi connectivity index (χ2v) is 4.65. The highest BCUT2D eigenvalue weighted by Crippen LogP contribution is 2.19. The first kappa shape index (κ1) is 13.9. The first-order valence-electron chi connectivity index (χ1n) is 6.33. The van der Waals surface area contributed by atoms with Crippen LogP contribution in [-0.4, -0.2) is 17.6 Å². The van der Waals surface area contributed by atoms with Crippen LogP contribution in [0.4, 0.5) is 5.69 Å². The molecule has 0 aromatic heterocycles. The van der Waals surface area contributed by atoms with Gasteiger partial charge in [-0.3, -0.25) is 4.79 Å². The Kier molecular flexibility index (Phi) is 4.25. The molecule has 0 spiro atoms. The summed E-state index contributed by atoms with van der Waals surface area (Å²) in [5, 5.41) is 11.9. The lowest BCUT2D eigenvalue weighted by Gasteiger charge is -2.10. The standard InChI is InChI=1S/C16H17NO3/c1-11-3-4-12(2)15(9-11)20-10-16(19)17-13-5-7-14(18)8-6-13/h3-9,18H,10H2,1-2H3,(H,17,19). The Labute approximate surface area is 118 Å². The summed E-state index contributed by atoms with van der Waals surface area (Å²) in [5.41, 5.74) is 2.70. The molecule has 0 fully saturated rings. The van der Waals surface area contributed by atoms with Crippen molar-refractivity contribution < 1.29 is 14.6 Å². The molecule has 0 saturated heterocycles. The maximum Gasteiger partial charge on any atom is 0.262 e. The van der Waals surface area contributed by atoms with E-state index in [1.165, 1.54) is 12.1 Å². The smallest absolute Gasteiger partial charge is 0.262 e. The number of carbonyl (C=O) groups excluding carboxylic acids is 1. The number of anilines is 1. The highest BCUT2D eigenvalue weighted by Gasteiger charge is 2.05. The molecule has 2 aromatic carbocycles. The Balaban J connectivity index is 1.92. The van der Waals surface area contributed by atoms with Crippen LogP contribution in [0.2, 0.25) is 0 Å². The van der Waals surface area contributed by atoms with Crippen LogP contribution in [0.5, 0.6) is 11.5 Å². The zero-order valence-electron chi connectivity index (χ0n) is 11.5. The second kappa shape index (κ2) is 6.10. The normalized spacial score (nSPS) is 10.1. The van der Waals surface area contributed by atoms with E-state index in [2.05, 4.69) is 5.32 Å². The van der Waals surface area contributed by atoms with Crippen LogP contribution in [0.25, 0.3) is 0 Å². The average Bonchev–Trinajstić information content (AvgIpc) is 2.42. The number of aryl methyl sites for hydroxylation is 2. The number of aromatic hydroxyl groups is 1. The van der Waals surface area contributed by atoms with Crippen LogP contribution in [0, 0.1) is 13.8 Å². The van der Waals surface area contributed by atoms with Crippen LogP contribution in [0.15, 0.2) is 42.5 Å². The molecule has 104 valence electrons. The summed E-state index contributed by atoms with van der Waals surface area (Å²) in [5.74, 6) is 0.636. The Morgan fingerprint density at radius 1 is 1.15 bits per heavy atom. The average molecular weight is 271 g/mol. The SMILES string of the molecule is Cc1ccc(C)c(OCC(=O)Nc2ccc(O)cc2)c1. The third-order valence-corrected chi connectivity index (χ3v) is 2.85. The largest absolute Gasteiger partial charge is 0.508 e. The number of carbonyl (C=O) groups is 1. The molecule has 0 bridgehead atoms. The van der Waals surface area contributed by atoms with E-state index in [1.807, 2.05) is 32.0 Å². The van der Waals surface area contributed by atoms with E-state index < -0.39 is 0 Å². The Morgan fingerprint density at radius 3 is 2.55 bits per heavy atom. The lowest BCUT2D eigenvalue weighted by Crippen LogP contribution is -2.20. The molecule has 0 radical (unpaired) electrons. The van der Waals surface area contributed by atoms with E-state index in [-0.39, 0.29) is 18.3 Å². The minimum absolute atomic E-state index is 0.0504. The van der Waals surface area contributed by atoms with Gasteiger partial charge in [0.15, 0.2) is 6.61 Å². The number of amides is 1. The number of nitrogens with one attached hydrogen (secondary N) is 1. The highest BCUT2D eigenvalue weighted by atomic mass is 16.5. The molecule has 4 nitrogen and oxygen atoms in total. The summed E-state index contributed by atoms with van der Waals surface area (Å²) in [4.78, 5) is 11.8. The molecular formula is C16H17NO3. The summed E-state index contributed by atoms with van der Waals surface area (Å²) >= 11 is 0. The lowest BCUT2D eigenvalue weighted by molar-refractivity contribution is -0.118. The summed E-state index contributed by atoms with van der Waals surface area (Å²) < 4.78 is 5.51. The molecule has 2 N–H and O–H groups in total. The van der Waals surface area contributed by atoms with Crippen molar-refractivity contribution in [2.75, 3.05) is 11.9 Å². The summed E-state index contributed by atoms with van der Waals surface area (Å²) in [6, 6.07) is 12.2. The quantitative estimate of drug-likeness (QED) is 0.840. The van der Waals surface area contributed by atoms with Gasteiger partial charge in [-0.25, -0.2) is 0 Å². The molecule has 0 atom stereocenters. The van der Waals surface area contributed by atoms with Crippen LogP contribution < -0.4 is 10.1 Å². The van der Waals surface area contributed by atoms with Crippen molar-refractivity contribution in [1.82, 2.24) is 0 Å². The zero-order chi connectivity index (χ0) is 14.5. The van der Waals surface area contributed by atoms with Gasteiger partial charge in [0.2, 0.25) is 0 Å². The minimum atomic E-state index is -0.239. The third kappa shape index (κ3) is 3.75. The van der Waals surface area contributed by atoms with E-state index in [0.29, 0.717) is 11.4 Å². The Morgan fingerprint density at radius 2 is 1.85 bits per heavy atom. The zero-order valence-corrected chi connectivity index (χ0v) is 11.5. The molecule has 0 heterocycles. The van der Waals surface area contributed by atoms with Crippen LogP contribution >= 0.6 is 0 Å². The molecule has 20 heavy (non-hydrogen) atoms. The number of benzene rings is 2. The van der Waals surface area contributed by atoms with Gasteiger partial charge in [-0.2, -0.15) is 0 Å². The lowest BCUT2D eigenvalue weighted by atomic mass is 10.1. The maximum atomic E-state index is 11.8. The van der Waals surface area contributed by atoms with Gasteiger partial charge in [0.1, 0.15) is 11.5 Å². The van der Waals surface area contributed by atoms with Crippen LogP contribution in [0.3, 0.4) is 0 Å². The first-order chi connectivity index (χ1) is 9.54. The number of ether oxygens (including phenoxy) is 1. The fourth-order valence-corrected chi connectivity index (χ4v) is 1.75. The summed E-state index contributed by atoms with van der Waals surface area (Å²) in [6.07, 6.45) is 0. The van der Waals surface area contributed by atoms with E-state index in [1.54, 1.807) is 12.1 Å². The van der Waals surface area contributed by atoms with Crippen LogP contribution in [0.1, 0.15) is 11.1 Å². The molecule has 4 heteroatoms. The molecule has 2 aromatic rings. The molecule has 0 saturated carbocycles. The molecule has 0 aliphatic rings. The van der Waals surface area contributed by atoms with Gasteiger partial charge in [0, 0.05) is 5.69 Å². The fraction of sp³-hybridized carbons (Fsp3) is 0.188. The van der Waals surface area contributed by atoms with Gasteiger partial charge in [-0.05, 0) is 55.3 Å².